The van der Waals surface area contributed by atoms with Crippen LogP contribution in [-0.2, 0) is 11.2 Å². The molecule has 0 spiro atoms. The molecule has 4 nitrogen and oxygen atoms in total. The molecule has 1 aliphatic rings. The van der Waals surface area contributed by atoms with Crippen molar-refractivity contribution in [3.63, 3.8) is 0 Å². The van der Waals surface area contributed by atoms with E-state index in [1.54, 1.807) is 0 Å². The SMILES string of the molecule is Cc1cccc(C(=O)N2CCCN(C(=O)Cc3ccc(Br)cc3)CC2)c1. The van der Waals surface area contributed by atoms with Crippen molar-refractivity contribution in [1.29, 1.82) is 0 Å². The van der Waals surface area contributed by atoms with Crippen LogP contribution in [0.3, 0.4) is 0 Å². The molecule has 0 saturated carbocycles. The lowest BCUT2D eigenvalue weighted by Gasteiger charge is -2.22. The van der Waals surface area contributed by atoms with E-state index < -0.39 is 0 Å². The van der Waals surface area contributed by atoms with Gasteiger partial charge in [0.05, 0.1) is 6.42 Å². The Morgan fingerprint density at radius 1 is 0.962 bits per heavy atom. The number of rotatable bonds is 3. The van der Waals surface area contributed by atoms with Crippen LogP contribution < -0.4 is 0 Å². The molecule has 2 amide bonds. The van der Waals surface area contributed by atoms with Gasteiger partial charge in [-0.05, 0) is 43.2 Å². The summed E-state index contributed by atoms with van der Waals surface area (Å²) in [5.74, 6) is 0.174. The third-order valence-electron chi connectivity index (χ3n) is 4.67. The van der Waals surface area contributed by atoms with Crippen LogP contribution in [-0.4, -0.2) is 47.8 Å². The summed E-state index contributed by atoms with van der Waals surface area (Å²) in [6, 6.07) is 15.5. The molecule has 1 saturated heterocycles. The number of carbonyl (C=O) groups excluding carboxylic acids is 2. The quantitative estimate of drug-likeness (QED) is 0.768. The summed E-state index contributed by atoms with van der Waals surface area (Å²) in [5, 5.41) is 0. The van der Waals surface area contributed by atoms with Gasteiger partial charge in [-0.15, -0.1) is 0 Å². The molecule has 2 aromatic rings. The second kappa shape index (κ2) is 8.49. The molecule has 0 aromatic heterocycles. The number of halogens is 1. The van der Waals surface area contributed by atoms with Crippen LogP contribution in [0.1, 0.15) is 27.9 Å². The minimum Gasteiger partial charge on any atom is -0.341 e. The fraction of sp³-hybridized carbons (Fsp3) is 0.333. The van der Waals surface area contributed by atoms with Crippen molar-refractivity contribution in [3.8, 4) is 0 Å². The van der Waals surface area contributed by atoms with E-state index in [2.05, 4.69) is 15.9 Å². The monoisotopic (exact) mass is 414 g/mol. The standard InChI is InChI=1S/C21H23BrN2O2/c1-16-4-2-5-18(14-16)21(26)24-11-3-10-23(12-13-24)20(25)15-17-6-8-19(22)9-7-17/h2,4-9,14H,3,10-13,15H2,1H3. The number of nitrogens with zero attached hydrogens (tertiary/aromatic N) is 2. The summed E-state index contributed by atoms with van der Waals surface area (Å²) in [5.41, 5.74) is 2.81. The van der Waals surface area contributed by atoms with Gasteiger partial charge in [-0.25, -0.2) is 0 Å². The average Bonchev–Trinajstić information content (AvgIpc) is 2.89. The maximum absolute atomic E-state index is 12.7. The van der Waals surface area contributed by atoms with Gasteiger partial charge in [-0.3, -0.25) is 9.59 Å². The number of hydrogen-bond donors (Lipinski definition) is 0. The van der Waals surface area contributed by atoms with Gasteiger partial charge in [-0.1, -0.05) is 45.8 Å². The fourth-order valence-corrected chi connectivity index (χ4v) is 3.48. The first-order valence-corrected chi connectivity index (χ1v) is 9.70. The van der Waals surface area contributed by atoms with Crippen LogP contribution in [0.4, 0.5) is 0 Å². The molecule has 0 N–H and O–H groups in total. The van der Waals surface area contributed by atoms with E-state index in [0.29, 0.717) is 32.6 Å². The first-order chi connectivity index (χ1) is 12.5. The van der Waals surface area contributed by atoms with Gasteiger partial charge in [-0.2, -0.15) is 0 Å². The zero-order valence-corrected chi connectivity index (χ0v) is 16.5. The summed E-state index contributed by atoms with van der Waals surface area (Å²) in [6.07, 6.45) is 1.21. The number of hydrogen-bond acceptors (Lipinski definition) is 2. The van der Waals surface area contributed by atoms with E-state index in [9.17, 15) is 9.59 Å². The molecule has 1 aliphatic heterocycles. The van der Waals surface area contributed by atoms with Gasteiger partial charge in [0.2, 0.25) is 5.91 Å². The fourth-order valence-electron chi connectivity index (χ4n) is 3.22. The molecule has 5 heteroatoms. The van der Waals surface area contributed by atoms with Crippen molar-refractivity contribution in [2.75, 3.05) is 26.2 Å². The number of aryl methyl sites for hydroxylation is 1. The zero-order chi connectivity index (χ0) is 18.5. The topological polar surface area (TPSA) is 40.6 Å². The van der Waals surface area contributed by atoms with Crippen molar-refractivity contribution in [2.24, 2.45) is 0 Å². The summed E-state index contributed by atoms with van der Waals surface area (Å²) in [7, 11) is 0. The Morgan fingerprint density at radius 3 is 2.38 bits per heavy atom. The van der Waals surface area contributed by atoms with Crippen LogP contribution in [0.15, 0.2) is 53.0 Å². The average molecular weight is 415 g/mol. The van der Waals surface area contributed by atoms with Crippen LogP contribution in [0, 0.1) is 6.92 Å². The van der Waals surface area contributed by atoms with Gasteiger partial charge in [0.15, 0.2) is 0 Å². The second-order valence-corrected chi connectivity index (χ2v) is 7.61. The summed E-state index contributed by atoms with van der Waals surface area (Å²) in [4.78, 5) is 29.1. The highest BCUT2D eigenvalue weighted by molar-refractivity contribution is 9.10. The van der Waals surface area contributed by atoms with Gasteiger partial charge in [0.1, 0.15) is 0 Å². The lowest BCUT2D eigenvalue weighted by Crippen LogP contribution is -2.38. The van der Waals surface area contributed by atoms with Gasteiger partial charge in [0, 0.05) is 36.2 Å². The molecule has 0 radical (unpaired) electrons. The van der Waals surface area contributed by atoms with Crippen LogP contribution in [0.2, 0.25) is 0 Å². The van der Waals surface area contributed by atoms with Crippen molar-refractivity contribution < 1.29 is 9.59 Å². The number of carbonyl (C=O) groups is 2. The molecular weight excluding hydrogens is 392 g/mol. The highest BCUT2D eigenvalue weighted by Crippen LogP contribution is 2.14. The summed E-state index contributed by atoms with van der Waals surface area (Å²) < 4.78 is 1.01. The van der Waals surface area contributed by atoms with Crippen LogP contribution >= 0.6 is 15.9 Å². The number of amides is 2. The summed E-state index contributed by atoms with van der Waals surface area (Å²) >= 11 is 3.41. The maximum atomic E-state index is 12.7. The minimum atomic E-state index is 0.0518. The minimum absolute atomic E-state index is 0.0518. The van der Waals surface area contributed by atoms with Crippen molar-refractivity contribution in [1.82, 2.24) is 9.80 Å². The smallest absolute Gasteiger partial charge is 0.253 e. The molecule has 136 valence electrons. The van der Waals surface area contributed by atoms with Crippen molar-refractivity contribution in [3.05, 3.63) is 69.7 Å². The highest BCUT2D eigenvalue weighted by Gasteiger charge is 2.22. The highest BCUT2D eigenvalue weighted by atomic mass is 79.9. The lowest BCUT2D eigenvalue weighted by atomic mass is 10.1. The van der Waals surface area contributed by atoms with Crippen LogP contribution in [0.5, 0.6) is 0 Å². The predicted octanol–water partition coefficient (Wildman–Crippen LogP) is 3.67. The normalized spacial score (nSPS) is 14.8. The Balaban J connectivity index is 1.59. The second-order valence-electron chi connectivity index (χ2n) is 6.70. The largest absolute Gasteiger partial charge is 0.341 e. The van der Waals surface area contributed by atoms with Gasteiger partial charge in [0.25, 0.3) is 5.91 Å². The lowest BCUT2D eigenvalue weighted by molar-refractivity contribution is -0.130. The van der Waals surface area contributed by atoms with E-state index in [4.69, 9.17) is 0 Å². The third kappa shape index (κ3) is 4.73. The molecule has 0 aliphatic carbocycles. The first-order valence-electron chi connectivity index (χ1n) is 8.91. The zero-order valence-electron chi connectivity index (χ0n) is 15.0. The third-order valence-corrected chi connectivity index (χ3v) is 5.20. The van der Waals surface area contributed by atoms with E-state index in [-0.39, 0.29) is 11.8 Å². The van der Waals surface area contributed by atoms with Gasteiger partial charge >= 0.3 is 0 Å². The van der Waals surface area contributed by atoms with E-state index in [1.807, 2.05) is 65.3 Å². The molecule has 0 unspecified atom stereocenters. The molecule has 0 atom stereocenters. The Hall–Kier alpha value is -2.14. The van der Waals surface area contributed by atoms with E-state index in [0.717, 1.165) is 27.6 Å². The Bertz CT molecular complexity index is 789. The Kier molecular flexibility index (Phi) is 6.09. The Labute approximate surface area is 162 Å². The summed E-state index contributed by atoms with van der Waals surface area (Å²) in [6.45, 7) is 4.55. The van der Waals surface area contributed by atoms with Gasteiger partial charge < -0.3 is 9.80 Å². The molecule has 26 heavy (non-hydrogen) atoms. The maximum Gasteiger partial charge on any atom is 0.253 e. The molecule has 2 aromatic carbocycles. The predicted molar refractivity (Wildman–Crippen MR) is 106 cm³/mol. The molecule has 3 rings (SSSR count). The van der Waals surface area contributed by atoms with Crippen molar-refractivity contribution >= 4 is 27.7 Å². The first kappa shape index (κ1) is 18.6. The van der Waals surface area contributed by atoms with Crippen LogP contribution in [0.25, 0.3) is 0 Å². The molecule has 1 fully saturated rings. The van der Waals surface area contributed by atoms with Crippen molar-refractivity contribution in [2.45, 2.75) is 19.8 Å². The van der Waals surface area contributed by atoms with E-state index >= 15 is 0 Å². The molecular formula is C21H23BrN2O2. The van der Waals surface area contributed by atoms with E-state index in [1.165, 1.54) is 0 Å². The number of benzene rings is 2. The molecule has 1 heterocycles. The molecule has 0 bridgehead atoms. The Morgan fingerprint density at radius 2 is 1.65 bits per heavy atom.